The highest BCUT2D eigenvalue weighted by atomic mass is 16.4. The van der Waals surface area contributed by atoms with Crippen LogP contribution in [-0.2, 0) is 4.79 Å². The lowest BCUT2D eigenvalue weighted by molar-refractivity contribution is -0.139. The van der Waals surface area contributed by atoms with Crippen LogP contribution in [0.15, 0.2) is 0 Å². The van der Waals surface area contributed by atoms with Gasteiger partial charge in [-0.05, 0) is 31.6 Å². The topological polar surface area (TPSA) is 98.7 Å². The minimum Gasteiger partial charge on any atom is -0.480 e. The smallest absolute Gasteiger partial charge is 0.326 e. The van der Waals surface area contributed by atoms with Gasteiger partial charge in [-0.1, -0.05) is 19.8 Å². The van der Waals surface area contributed by atoms with Crippen molar-refractivity contribution < 1.29 is 19.8 Å². The highest BCUT2D eigenvalue weighted by molar-refractivity contribution is 5.82. The van der Waals surface area contributed by atoms with Gasteiger partial charge in [-0.2, -0.15) is 0 Å². The molecule has 0 unspecified atom stereocenters. The van der Waals surface area contributed by atoms with Crippen LogP contribution in [0, 0.1) is 5.92 Å². The van der Waals surface area contributed by atoms with E-state index >= 15 is 0 Å². The zero-order valence-electron chi connectivity index (χ0n) is 12.1. The van der Waals surface area contributed by atoms with Crippen molar-refractivity contribution in [1.82, 2.24) is 10.6 Å². The van der Waals surface area contributed by atoms with Gasteiger partial charge in [-0.25, -0.2) is 9.59 Å². The fourth-order valence-electron chi connectivity index (χ4n) is 2.78. The lowest BCUT2D eigenvalue weighted by Gasteiger charge is -2.29. The van der Waals surface area contributed by atoms with E-state index in [1.54, 1.807) is 0 Å². The Hall–Kier alpha value is -1.30. The summed E-state index contributed by atoms with van der Waals surface area (Å²) in [6, 6.07) is -1.35. The maximum Gasteiger partial charge on any atom is 0.326 e. The van der Waals surface area contributed by atoms with E-state index in [1.165, 1.54) is 12.8 Å². The maximum atomic E-state index is 11.7. The monoisotopic (exact) mass is 286 g/mol. The maximum absolute atomic E-state index is 11.7. The number of nitrogens with one attached hydrogen (secondary N) is 2. The quantitative estimate of drug-likeness (QED) is 0.569. The molecule has 0 aromatic heterocycles. The number of hydrogen-bond donors (Lipinski definition) is 4. The molecule has 0 aromatic carbocycles. The molecular weight excluding hydrogens is 260 g/mol. The van der Waals surface area contributed by atoms with Gasteiger partial charge in [0.1, 0.15) is 6.04 Å². The fourth-order valence-corrected chi connectivity index (χ4v) is 2.78. The largest absolute Gasteiger partial charge is 0.480 e. The zero-order chi connectivity index (χ0) is 15.0. The molecule has 0 aromatic rings. The van der Waals surface area contributed by atoms with Crippen LogP contribution >= 0.6 is 0 Å². The third kappa shape index (κ3) is 5.77. The summed E-state index contributed by atoms with van der Waals surface area (Å²) in [5.41, 5.74) is 0. The summed E-state index contributed by atoms with van der Waals surface area (Å²) in [6.07, 6.45) is 6.62. The van der Waals surface area contributed by atoms with Crippen LogP contribution in [0.2, 0.25) is 0 Å². The second-order valence-corrected chi connectivity index (χ2v) is 5.53. The Bertz CT molecular complexity index is 314. The van der Waals surface area contributed by atoms with Crippen molar-refractivity contribution in [2.24, 2.45) is 5.92 Å². The average Bonchev–Trinajstić information content (AvgIpc) is 2.40. The number of aliphatic hydroxyl groups is 1. The van der Waals surface area contributed by atoms with Crippen LogP contribution in [0.3, 0.4) is 0 Å². The number of rotatable bonds is 7. The summed E-state index contributed by atoms with van der Waals surface area (Å²) in [6.45, 7) is 1.92. The molecule has 0 spiro atoms. The van der Waals surface area contributed by atoms with Crippen molar-refractivity contribution in [1.29, 1.82) is 0 Å². The second-order valence-electron chi connectivity index (χ2n) is 5.53. The van der Waals surface area contributed by atoms with Gasteiger partial charge < -0.3 is 20.8 Å². The molecule has 1 aliphatic rings. The number of amides is 2. The van der Waals surface area contributed by atoms with Crippen molar-refractivity contribution in [2.75, 3.05) is 6.61 Å². The molecule has 1 atom stereocenters. The van der Waals surface area contributed by atoms with Crippen LogP contribution in [0.25, 0.3) is 0 Å². The normalized spacial score (nSPS) is 23.9. The first-order valence-electron chi connectivity index (χ1n) is 7.47. The Labute approximate surface area is 119 Å². The Morgan fingerprint density at radius 3 is 2.40 bits per heavy atom. The molecule has 0 radical (unpaired) electrons. The highest BCUT2D eigenvalue weighted by Crippen LogP contribution is 2.27. The number of aliphatic carboxylic acids is 1. The van der Waals surface area contributed by atoms with Gasteiger partial charge in [-0.3, -0.25) is 0 Å². The molecule has 116 valence electrons. The predicted molar refractivity (Wildman–Crippen MR) is 75.4 cm³/mol. The first-order valence-corrected chi connectivity index (χ1v) is 7.47. The molecule has 4 N–H and O–H groups in total. The van der Waals surface area contributed by atoms with Crippen LogP contribution in [0.4, 0.5) is 4.79 Å². The summed E-state index contributed by atoms with van der Waals surface area (Å²) < 4.78 is 0. The second kappa shape index (κ2) is 8.79. The Morgan fingerprint density at radius 2 is 1.90 bits per heavy atom. The number of carbonyl (C=O) groups excluding carboxylic acids is 1. The number of hydrogen-bond acceptors (Lipinski definition) is 3. The van der Waals surface area contributed by atoms with Crippen LogP contribution in [-0.4, -0.2) is 40.9 Å². The van der Waals surface area contributed by atoms with E-state index in [9.17, 15) is 9.59 Å². The summed E-state index contributed by atoms with van der Waals surface area (Å²) in [5.74, 6) is -0.358. The first-order chi connectivity index (χ1) is 9.56. The number of aliphatic hydroxyl groups excluding tert-OH is 1. The van der Waals surface area contributed by atoms with Crippen molar-refractivity contribution in [3.8, 4) is 0 Å². The molecule has 1 aliphatic carbocycles. The summed E-state index contributed by atoms with van der Waals surface area (Å²) >= 11 is 0. The SMILES string of the molecule is CCCC1CCC(NC(=O)N[C@@H](CCO)C(=O)O)CC1. The van der Waals surface area contributed by atoms with Crippen molar-refractivity contribution >= 4 is 12.0 Å². The lowest BCUT2D eigenvalue weighted by Crippen LogP contribution is -2.50. The van der Waals surface area contributed by atoms with Crippen molar-refractivity contribution in [3.63, 3.8) is 0 Å². The minimum absolute atomic E-state index is 0.0198. The van der Waals surface area contributed by atoms with Gasteiger partial charge in [0.15, 0.2) is 0 Å². The number of carboxylic acid groups (broad SMARTS) is 1. The Kier molecular flexibility index (Phi) is 7.36. The third-order valence-electron chi connectivity index (χ3n) is 3.90. The molecule has 0 heterocycles. The highest BCUT2D eigenvalue weighted by Gasteiger charge is 2.24. The molecule has 1 saturated carbocycles. The van der Waals surface area contributed by atoms with E-state index in [0.717, 1.165) is 31.6 Å². The molecule has 20 heavy (non-hydrogen) atoms. The third-order valence-corrected chi connectivity index (χ3v) is 3.90. The summed E-state index contributed by atoms with van der Waals surface area (Å²) in [4.78, 5) is 22.6. The molecule has 6 nitrogen and oxygen atoms in total. The van der Waals surface area contributed by atoms with Gasteiger partial charge in [0.05, 0.1) is 0 Å². The Balaban J connectivity index is 2.30. The van der Waals surface area contributed by atoms with E-state index in [4.69, 9.17) is 10.2 Å². The summed E-state index contributed by atoms with van der Waals surface area (Å²) in [5, 5.41) is 22.9. The molecule has 6 heteroatoms. The van der Waals surface area contributed by atoms with Crippen molar-refractivity contribution in [2.45, 2.75) is 64.0 Å². The van der Waals surface area contributed by atoms with Gasteiger partial charge in [0, 0.05) is 19.1 Å². The van der Waals surface area contributed by atoms with Crippen LogP contribution < -0.4 is 10.6 Å². The van der Waals surface area contributed by atoms with Crippen LogP contribution in [0.1, 0.15) is 51.9 Å². The van der Waals surface area contributed by atoms with E-state index in [2.05, 4.69) is 17.6 Å². The lowest BCUT2D eigenvalue weighted by atomic mass is 9.83. The van der Waals surface area contributed by atoms with Crippen LogP contribution in [0.5, 0.6) is 0 Å². The zero-order valence-corrected chi connectivity index (χ0v) is 12.1. The molecule has 0 bridgehead atoms. The van der Waals surface area contributed by atoms with Gasteiger partial charge in [0.2, 0.25) is 0 Å². The number of carboxylic acids is 1. The molecule has 0 aliphatic heterocycles. The number of carbonyl (C=O) groups is 2. The molecule has 2 amide bonds. The molecule has 0 saturated heterocycles. The van der Waals surface area contributed by atoms with Gasteiger partial charge >= 0.3 is 12.0 Å². The molecule has 1 fully saturated rings. The van der Waals surface area contributed by atoms with E-state index < -0.39 is 18.0 Å². The Morgan fingerprint density at radius 1 is 1.25 bits per heavy atom. The predicted octanol–water partition coefficient (Wildman–Crippen LogP) is 1.48. The standard InChI is InChI=1S/C14H26N2O4/c1-2-3-10-4-6-11(7-5-10)15-14(20)16-12(8-9-17)13(18)19/h10-12,17H,2-9H2,1H3,(H,18,19)(H2,15,16,20)/t10?,11?,12-/m0/s1. The first kappa shape index (κ1) is 16.8. The molecular formula is C14H26N2O4. The van der Waals surface area contributed by atoms with Gasteiger partial charge in [0.25, 0.3) is 0 Å². The summed E-state index contributed by atoms with van der Waals surface area (Å²) in [7, 11) is 0. The fraction of sp³-hybridized carbons (Fsp3) is 0.857. The van der Waals surface area contributed by atoms with E-state index in [1.807, 2.05) is 0 Å². The average molecular weight is 286 g/mol. The van der Waals surface area contributed by atoms with Gasteiger partial charge in [-0.15, -0.1) is 0 Å². The van der Waals surface area contributed by atoms with E-state index in [0.29, 0.717) is 0 Å². The van der Waals surface area contributed by atoms with E-state index in [-0.39, 0.29) is 19.1 Å². The van der Waals surface area contributed by atoms with Crippen molar-refractivity contribution in [3.05, 3.63) is 0 Å². The minimum atomic E-state index is -1.12. The molecule has 1 rings (SSSR count). The number of urea groups is 1.